The molecule has 2 N–H and O–H groups in total. The smallest absolute Gasteiger partial charge is 0.278 e. The van der Waals surface area contributed by atoms with E-state index in [9.17, 15) is 19.8 Å². The van der Waals surface area contributed by atoms with E-state index in [0.29, 0.717) is 0 Å². The van der Waals surface area contributed by atoms with Gasteiger partial charge in [-0.25, -0.2) is 0 Å². The standard InChI is InChI=1S/C24H23N3O4S/c1-15-25(12-13-28)24(31)22-23(30)19(29)10-11-26(22)27(15)21-17-7-3-2-6-16(17)14-32-20-9-5-4-8-18(20)21/h2-11,15,21,28,30H,12-14H2,1H3/t15-,21-/m0/s1. The Kier molecular flexibility index (Phi) is 5.19. The molecule has 0 spiro atoms. The zero-order chi connectivity index (χ0) is 22.4. The molecule has 1 aromatic heterocycles. The minimum atomic E-state index is -0.611. The van der Waals surface area contributed by atoms with Gasteiger partial charge in [0.25, 0.3) is 5.91 Å². The van der Waals surface area contributed by atoms with E-state index in [0.717, 1.165) is 21.8 Å². The molecule has 0 unspecified atom stereocenters. The first-order valence-electron chi connectivity index (χ1n) is 10.5. The first kappa shape index (κ1) is 20.7. The van der Waals surface area contributed by atoms with Gasteiger partial charge < -0.3 is 15.1 Å². The molecule has 7 nitrogen and oxygen atoms in total. The molecule has 1 amide bonds. The van der Waals surface area contributed by atoms with Crippen LogP contribution in [0.1, 0.15) is 40.1 Å². The lowest BCUT2D eigenvalue weighted by atomic mass is 9.93. The van der Waals surface area contributed by atoms with E-state index in [1.807, 2.05) is 36.2 Å². The number of hydrogen-bond acceptors (Lipinski definition) is 6. The van der Waals surface area contributed by atoms with Gasteiger partial charge in [0.1, 0.15) is 6.17 Å². The van der Waals surface area contributed by atoms with Crippen molar-refractivity contribution >= 4 is 17.7 Å². The van der Waals surface area contributed by atoms with E-state index in [2.05, 4.69) is 24.3 Å². The van der Waals surface area contributed by atoms with Crippen LogP contribution in [0.4, 0.5) is 0 Å². The fourth-order valence-corrected chi connectivity index (χ4v) is 5.75. The number of thioether (sulfide) groups is 1. The predicted molar refractivity (Wildman–Crippen MR) is 122 cm³/mol. The van der Waals surface area contributed by atoms with Crippen LogP contribution in [0.2, 0.25) is 0 Å². The maximum atomic E-state index is 13.2. The monoisotopic (exact) mass is 449 g/mol. The zero-order valence-corrected chi connectivity index (χ0v) is 18.3. The summed E-state index contributed by atoms with van der Waals surface area (Å²) >= 11 is 1.76. The highest BCUT2D eigenvalue weighted by atomic mass is 32.2. The van der Waals surface area contributed by atoms with Crippen LogP contribution in [0, 0.1) is 0 Å². The SMILES string of the molecule is C[C@H]1N(CCO)C(=O)c2c(O)c(=O)ccn2N1[C@H]1c2ccccc2CSc2ccccc21. The molecular formula is C24H23N3O4S. The highest BCUT2D eigenvalue weighted by Gasteiger charge is 2.42. The molecular weight excluding hydrogens is 426 g/mol. The van der Waals surface area contributed by atoms with Crippen molar-refractivity contribution in [3.8, 4) is 5.75 Å². The van der Waals surface area contributed by atoms with Gasteiger partial charge in [0.15, 0.2) is 11.4 Å². The molecule has 0 fully saturated rings. The molecule has 0 aliphatic carbocycles. The van der Waals surface area contributed by atoms with Crippen LogP contribution < -0.4 is 10.4 Å². The van der Waals surface area contributed by atoms with Crippen molar-refractivity contribution in [1.82, 2.24) is 9.58 Å². The quantitative estimate of drug-likeness (QED) is 0.640. The van der Waals surface area contributed by atoms with Gasteiger partial charge in [-0.15, -0.1) is 11.8 Å². The van der Waals surface area contributed by atoms with Crippen LogP contribution >= 0.6 is 11.8 Å². The minimum Gasteiger partial charge on any atom is -0.502 e. The molecule has 3 heterocycles. The van der Waals surface area contributed by atoms with Gasteiger partial charge in [-0.3, -0.25) is 19.3 Å². The van der Waals surface area contributed by atoms with Gasteiger partial charge in [0, 0.05) is 29.5 Å². The van der Waals surface area contributed by atoms with Crippen molar-refractivity contribution in [3.63, 3.8) is 0 Å². The molecule has 0 bridgehead atoms. The second-order valence-electron chi connectivity index (χ2n) is 7.88. The van der Waals surface area contributed by atoms with Gasteiger partial charge in [0.05, 0.1) is 12.6 Å². The van der Waals surface area contributed by atoms with Crippen molar-refractivity contribution < 1.29 is 15.0 Å². The third-order valence-electron chi connectivity index (χ3n) is 6.15. The summed E-state index contributed by atoms with van der Waals surface area (Å²) in [6.07, 6.45) is 1.10. The average Bonchev–Trinajstić information content (AvgIpc) is 2.96. The molecule has 32 heavy (non-hydrogen) atoms. The molecule has 0 radical (unpaired) electrons. The number of amides is 1. The van der Waals surface area contributed by atoms with Crippen LogP contribution in [-0.2, 0) is 5.75 Å². The first-order chi connectivity index (χ1) is 15.5. The Bertz CT molecular complexity index is 1210. The third-order valence-corrected chi connectivity index (χ3v) is 7.29. The van der Waals surface area contributed by atoms with E-state index in [1.54, 1.807) is 22.6 Å². The Morgan fingerprint density at radius 2 is 1.75 bits per heavy atom. The molecule has 2 aliphatic rings. The maximum Gasteiger partial charge on any atom is 0.278 e. The fourth-order valence-electron chi connectivity index (χ4n) is 4.65. The normalized spacial score (nSPS) is 19.8. The van der Waals surface area contributed by atoms with Crippen molar-refractivity contribution in [1.29, 1.82) is 0 Å². The molecule has 2 aromatic carbocycles. The Hall–Kier alpha value is -3.23. The molecule has 2 aliphatic heterocycles. The number of rotatable bonds is 3. The summed E-state index contributed by atoms with van der Waals surface area (Å²) in [6.45, 7) is 1.76. The van der Waals surface area contributed by atoms with E-state index >= 15 is 0 Å². The van der Waals surface area contributed by atoms with Gasteiger partial charge in [-0.2, -0.15) is 0 Å². The second kappa shape index (κ2) is 8.03. The molecule has 3 aromatic rings. The maximum absolute atomic E-state index is 13.2. The summed E-state index contributed by atoms with van der Waals surface area (Å²) in [5.74, 6) is -0.252. The van der Waals surface area contributed by atoms with Gasteiger partial charge in [-0.1, -0.05) is 42.5 Å². The highest BCUT2D eigenvalue weighted by molar-refractivity contribution is 7.98. The Morgan fingerprint density at radius 1 is 1.03 bits per heavy atom. The number of aliphatic hydroxyl groups excluding tert-OH is 1. The predicted octanol–water partition coefficient (Wildman–Crippen LogP) is 2.68. The van der Waals surface area contributed by atoms with Crippen LogP contribution in [0.5, 0.6) is 5.75 Å². The van der Waals surface area contributed by atoms with Crippen LogP contribution in [0.25, 0.3) is 0 Å². The Labute approximate surface area is 189 Å². The molecule has 8 heteroatoms. The van der Waals surface area contributed by atoms with E-state index in [1.165, 1.54) is 16.5 Å². The number of carbonyl (C=O) groups is 1. The number of benzene rings is 2. The molecule has 2 atom stereocenters. The van der Waals surface area contributed by atoms with Gasteiger partial charge in [-0.05, 0) is 29.7 Å². The molecule has 164 valence electrons. The van der Waals surface area contributed by atoms with Crippen molar-refractivity contribution in [2.45, 2.75) is 29.8 Å². The highest BCUT2D eigenvalue weighted by Crippen LogP contribution is 2.43. The Morgan fingerprint density at radius 3 is 2.53 bits per heavy atom. The van der Waals surface area contributed by atoms with Crippen molar-refractivity contribution in [3.05, 3.63) is 93.4 Å². The number of carbonyl (C=O) groups excluding carboxylic acids is 1. The first-order valence-corrected chi connectivity index (χ1v) is 11.5. The number of aliphatic hydroxyl groups is 1. The average molecular weight is 450 g/mol. The summed E-state index contributed by atoms with van der Waals surface area (Å²) in [6, 6.07) is 17.4. The number of pyridine rings is 1. The molecule has 5 rings (SSSR count). The Balaban J connectivity index is 1.81. The van der Waals surface area contributed by atoms with E-state index < -0.39 is 23.3 Å². The number of hydrogen-bond donors (Lipinski definition) is 2. The summed E-state index contributed by atoms with van der Waals surface area (Å²) in [7, 11) is 0. The number of aromatic hydroxyl groups is 1. The topological polar surface area (TPSA) is 86.0 Å². The summed E-state index contributed by atoms with van der Waals surface area (Å²) in [5, 5.41) is 22.2. The summed E-state index contributed by atoms with van der Waals surface area (Å²) < 4.78 is 1.60. The minimum absolute atomic E-state index is 0.0871. The summed E-state index contributed by atoms with van der Waals surface area (Å²) in [4.78, 5) is 28.1. The lowest BCUT2D eigenvalue weighted by Crippen LogP contribution is -2.61. The number of aromatic nitrogens is 1. The third kappa shape index (κ3) is 3.10. The van der Waals surface area contributed by atoms with Gasteiger partial charge in [0.2, 0.25) is 5.43 Å². The second-order valence-corrected chi connectivity index (χ2v) is 8.90. The molecule has 0 saturated carbocycles. The zero-order valence-electron chi connectivity index (χ0n) is 17.5. The largest absolute Gasteiger partial charge is 0.502 e. The van der Waals surface area contributed by atoms with Crippen molar-refractivity contribution in [2.75, 3.05) is 18.2 Å². The van der Waals surface area contributed by atoms with Crippen molar-refractivity contribution in [2.24, 2.45) is 0 Å². The van der Waals surface area contributed by atoms with E-state index in [-0.39, 0.29) is 24.9 Å². The lowest BCUT2D eigenvalue weighted by Gasteiger charge is -2.48. The van der Waals surface area contributed by atoms with E-state index in [4.69, 9.17) is 0 Å². The fraction of sp³-hybridized carbons (Fsp3) is 0.250. The molecule has 0 saturated heterocycles. The number of nitrogens with zero attached hydrogens (tertiary/aromatic N) is 3. The number of β-amino-alcohol motifs (C(OH)–C–C–N with tert-alkyl or cyclic N) is 1. The lowest BCUT2D eigenvalue weighted by molar-refractivity contribution is 0.0526. The van der Waals surface area contributed by atoms with Gasteiger partial charge >= 0.3 is 0 Å². The number of fused-ring (bicyclic) bond motifs is 3. The van der Waals surface area contributed by atoms with Crippen LogP contribution in [-0.4, -0.2) is 45.0 Å². The van der Waals surface area contributed by atoms with Crippen LogP contribution in [0.15, 0.2) is 70.5 Å². The van der Waals surface area contributed by atoms with Crippen LogP contribution in [0.3, 0.4) is 0 Å². The summed E-state index contributed by atoms with van der Waals surface area (Å²) in [5.41, 5.74) is 2.66.